The number of para-hydroxylation sites is 3. The van der Waals surface area contributed by atoms with Crippen molar-refractivity contribution in [3.05, 3.63) is 60.9 Å². The van der Waals surface area contributed by atoms with Gasteiger partial charge in [-0.3, -0.25) is 4.79 Å². The molecule has 1 atom stereocenters. The lowest BCUT2D eigenvalue weighted by Crippen LogP contribution is -2.44. The van der Waals surface area contributed by atoms with Crippen LogP contribution in [0.5, 0.6) is 11.5 Å². The second kappa shape index (κ2) is 9.00. The molecule has 1 aliphatic heterocycles. The van der Waals surface area contributed by atoms with E-state index in [9.17, 15) is 4.79 Å². The van der Waals surface area contributed by atoms with Crippen molar-refractivity contribution in [2.24, 2.45) is 0 Å². The SMILES string of the molecule is CCN(CC1COc2ccccc2O1)C(=O)CSc1ncn(-c2ccccc2)n1. The maximum absolute atomic E-state index is 12.7. The Kier molecular flexibility index (Phi) is 6.00. The molecule has 29 heavy (non-hydrogen) atoms. The highest BCUT2D eigenvalue weighted by Crippen LogP contribution is 2.31. The van der Waals surface area contributed by atoms with E-state index >= 15 is 0 Å². The summed E-state index contributed by atoms with van der Waals surface area (Å²) in [5.74, 6) is 1.76. The predicted molar refractivity (Wildman–Crippen MR) is 111 cm³/mol. The van der Waals surface area contributed by atoms with E-state index in [1.165, 1.54) is 11.8 Å². The Labute approximate surface area is 173 Å². The maximum atomic E-state index is 12.7. The molecule has 150 valence electrons. The summed E-state index contributed by atoms with van der Waals surface area (Å²) < 4.78 is 13.4. The summed E-state index contributed by atoms with van der Waals surface area (Å²) in [6.07, 6.45) is 1.47. The van der Waals surface area contributed by atoms with E-state index in [-0.39, 0.29) is 17.8 Å². The summed E-state index contributed by atoms with van der Waals surface area (Å²) in [6, 6.07) is 17.3. The highest BCUT2D eigenvalue weighted by Gasteiger charge is 2.25. The van der Waals surface area contributed by atoms with Crippen LogP contribution in [0.15, 0.2) is 66.1 Å². The third-order valence-corrected chi connectivity index (χ3v) is 5.38. The van der Waals surface area contributed by atoms with Crippen LogP contribution >= 0.6 is 11.8 Å². The first-order valence-corrected chi connectivity index (χ1v) is 10.5. The standard InChI is InChI=1S/C21H22N4O3S/c1-2-24(12-17-13-27-18-10-6-7-11-19(18)28-17)20(26)14-29-21-22-15-25(23-21)16-8-4-3-5-9-16/h3-11,15,17H,2,12-14H2,1H3. The van der Waals surface area contributed by atoms with E-state index in [2.05, 4.69) is 10.1 Å². The molecule has 0 radical (unpaired) electrons. The van der Waals surface area contributed by atoms with Crippen molar-refractivity contribution in [2.75, 3.05) is 25.4 Å². The van der Waals surface area contributed by atoms with Gasteiger partial charge in [-0.25, -0.2) is 9.67 Å². The number of benzene rings is 2. The lowest BCUT2D eigenvalue weighted by atomic mass is 10.2. The molecule has 0 fully saturated rings. The number of thioether (sulfide) groups is 1. The summed E-state index contributed by atoms with van der Waals surface area (Å²) in [6.45, 7) is 3.47. The van der Waals surface area contributed by atoms with Crippen molar-refractivity contribution < 1.29 is 14.3 Å². The van der Waals surface area contributed by atoms with Crippen LogP contribution in [0, 0.1) is 0 Å². The molecule has 1 aromatic heterocycles. The van der Waals surface area contributed by atoms with Crippen molar-refractivity contribution in [3.8, 4) is 17.2 Å². The fourth-order valence-corrected chi connectivity index (χ4v) is 3.75. The number of hydrogen-bond acceptors (Lipinski definition) is 6. The number of rotatable bonds is 7. The molecule has 1 aliphatic rings. The Hall–Kier alpha value is -3.00. The summed E-state index contributed by atoms with van der Waals surface area (Å²) in [7, 11) is 0. The Morgan fingerprint density at radius 3 is 2.72 bits per heavy atom. The molecular weight excluding hydrogens is 388 g/mol. The van der Waals surface area contributed by atoms with E-state index in [1.807, 2.05) is 61.5 Å². The lowest BCUT2D eigenvalue weighted by molar-refractivity contribution is -0.129. The van der Waals surface area contributed by atoms with Crippen molar-refractivity contribution >= 4 is 17.7 Å². The number of amides is 1. The Balaban J connectivity index is 1.31. The highest BCUT2D eigenvalue weighted by molar-refractivity contribution is 7.99. The number of carbonyl (C=O) groups is 1. The van der Waals surface area contributed by atoms with E-state index in [0.717, 1.165) is 17.2 Å². The monoisotopic (exact) mass is 410 g/mol. The topological polar surface area (TPSA) is 69.5 Å². The molecule has 0 aliphatic carbocycles. The molecule has 1 unspecified atom stereocenters. The number of ether oxygens (including phenoxy) is 2. The number of fused-ring (bicyclic) bond motifs is 1. The number of hydrogen-bond donors (Lipinski definition) is 0. The first-order valence-electron chi connectivity index (χ1n) is 9.49. The van der Waals surface area contributed by atoms with Gasteiger partial charge in [-0.15, -0.1) is 5.10 Å². The quantitative estimate of drug-likeness (QED) is 0.558. The Morgan fingerprint density at radius 1 is 1.17 bits per heavy atom. The second-order valence-electron chi connectivity index (χ2n) is 6.53. The van der Waals surface area contributed by atoms with Crippen molar-refractivity contribution in [1.82, 2.24) is 19.7 Å². The van der Waals surface area contributed by atoms with Gasteiger partial charge in [0.2, 0.25) is 11.1 Å². The van der Waals surface area contributed by atoms with Crippen molar-refractivity contribution in [3.63, 3.8) is 0 Å². The van der Waals surface area contributed by atoms with Gasteiger partial charge >= 0.3 is 0 Å². The minimum atomic E-state index is -0.186. The van der Waals surface area contributed by atoms with Crippen molar-refractivity contribution in [2.45, 2.75) is 18.2 Å². The number of nitrogens with zero attached hydrogens (tertiary/aromatic N) is 4. The van der Waals surface area contributed by atoms with Crippen LogP contribution < -0.4 is 9.47 Å². The fourth-order valence-electron chi connectivity index (χ4n) is 3.04. The zero-order valence-electron chi connectivity index (χ0n) is 16.1. The largest absolute Gasteiger partial charge is 0.486 e. The number of carbonyl (C=O) groups excluding carboxylic acids is 1. The van der Waals surface area contributed by atoms with Gasteiger partial charge in [0.05, 0.1) is 18.0 Å². The summed E-state index contributed by atoms with van der Waals surface area (Å²) in [5, 5.41) is 5.00. The normalized spacial score (nSPS) is 15.1. The molecule has 0 saturated carbocycles. The molecule has 3 aromatic rings. The Morgan fingerprint density at radius 2 is 1.93 bits per heavy atom. The molecule has 7 nitrogen and oxygen atoms in total. The van der Waals surface area contributed by atoms with Crippen molar-refractivity contribution in [1.29, 1.82) is 0 Å². The molecule has 2 aromatic carbocycles. The molecule has 0 saturated heterocycles. The molecule has 2 heterocycles. The van der Waals surface area contributed by atoms with Crippen LogP contribution in [0.4, 0.5) is 0 Å². The molecule has 0 bridgehead atoms. The van der Waals surface area contributed by atoms with Crippen LogP contribution in [0.25, 0.3) is 5.69 Å². The van der Waals surface area contributed by atoms with Gasteiger partial charge in [0.1, 0.15) is 12.9 Å². The maximum Gasteiger partial charge on any atom is 0.233 e. The van der Waals surface area contributed by atoms with Gasteiger partial charge in [-0.2, -0.15) is 0 Å². The van der Waals surface area contributed by atoms with E-state index in [0.29, 0.717) is 24.9 Å². The first kappa shape index (κ1) is 19.3. The third-order valence-electron chi connectivity index (χ3n) is 4.54. The van der Waals surface area contributed by atoms with Gasteiger partial charge in [-0.1, -0.05) is 42.1 Å². The minimum absolute atomic E-state index is 0.0241. The van der Waals surface area contributed by atoms with Crippen LogP contribution in [0.2, 0.25) is 0 Å². The molecule has 8 heteroatoms. The van der Waals surface area contributed by atoms with Gasteiger partial charge in [0.15, 0.2) is 17.6 Å². The molecule has 0 spiro atoms. The van der Waals surface area contributed by atoms with E-state index in [1.54, 1.807) is 15.9 Å². The van der Waals surface area contributed by atoms with Crippen LogP contribution in [0.1, 0.15) is 6.92 Å². The zero-order valence-corrected chi connectivity index (χ0v) is 16.9. The lowest BCUT2D eigenvalue weighted by Gasteiger charge is -2.30. The molecule has 0 N–H and O–H groups in total. The minimum Gasteiger partial charge on any atom is -0.486 e. The van der Waals surface area contributed by atoms with Crippen LogP contribution in [0.3, 0.4) is 0 Å². The molecule has 4 rings (SSSR count). The van der Waals surface area contributed by atoms with Gasteiger partial charge in [0, 0.05) is 6.54 Å². The van der Waals surface area contributed by atoms with Crippen LogP contribution in [-0.4, -0.2) is 57.1 Å². The summed E-state index contributed by atoms with van der Waals surface area (Å²) in [5.41, 5.74) is 0.933. The van der Waals surface area contributed by atoms with Crippen LogP contribution in [-0.2, 0) is 4.79 Å². The predicted octanol–water partition coefficient (Wildman–Crippen LogP) is 3.05. The molecular formula is C21H22N4O3S. The first-order chi connectivity index (χ1) is 14.2. The van der Waals surface area contributed by atoms with Gasteiger partial charge in [0.25, 0.3) is 0 Å². The second-order valence-corrected chi connectivity index (χ2v) is 7.47. The van der Waals surface area contributed by atoms with E-state index in [4.69, 9.17) is 9.47 Å². The fraction of sp³-hybridized carbons (Fsp3) is 0.286. The van der Waals surface area contributed by atoms with E-state index < -0.39 is 0 Å². The average Bonchev–Trinajstić information content (AvgIpc) is 3.25. The smallest absolute Gasteiger partial charge is 0.233 e. The van der Waals surface area contributed by atoms with Gasteiger partial charge < -0.3 is 14.4 Å². The number of likely N-dealkylation sites (N-methyl/N-ethyl adjacent to an activating group) is 1. The summed E-state index contributed by atoms with van der Waals surface area (Å²) in [4.78, 5) is 18.8. The average molecular weight is 410 g/mol. The van der Waals surface area contributed by atoms with Gasteiger partial charge in [-0.05, 0) is 31.2 Å². The number of aromatic nitrogens is 3. The Bertz CT molecular complexity index is 963. The zero-order chi connectivity index (χ0) is 20.1. The summed E-state index contributed by atoms with van der Waals surface area (Å²) >= 11 is 1.33. The highest BCUT2D eigenvalue weighted by atomic mass is 32.2. The third kappa shape index (κ3) is 4.71. The molecule has 1 amide bonds.